The number of fused-ring (bicyclic) bond motifs is 1. The molecular formula is C31H40N2O10. The number of hydrogen-bond donors (Lipinski definition) is 1. The fourth-order valence-corrected chi connectivity index (χ4v) is 4.86. The minimum atomic E-state index is -1.54. The van der Waals surface area contributed by atoms with E-state index in [0.717, 1.165) is 26.2 Å². The van der Waals surface area contributed by atoms with Crippen LogP contribution in [-0.2, 0) is 60.6 Å². The minimum Gasteiger partial charge on any atom is -0.465 e. The van der Waals surface area contributed by atoms with Crippen molar-refractivity contribution in [1.29, 1.82) is 0 Å². The number of benzene rings is 1. The topological polar surface area (TPSA) is 155 Å². The van der Waals surface area contributed by atoms with Crippen molar-refractivity contribution in [3.63, 3.8) is 0 Å². The summed E-state index contributed by atoms with van der Waals surface area (Å²) in [6, 6.07) is 5.26. The van der Waals surface area contributed by atoms with Gasteiger partial charge in [0.15, 0.2) is 0 Å². The minimum absolute atomic E-state index is 0.180. The normalized spacial score (nSPS) is 16.8. The van der Waals surface area contributed by atoms with Crippen molar-refractivity contribution in [1.82, 2.24) is 4.90 Å². The second-order valence-corrected chi connectivity index (χ2v) is 11.1. The highest BCUT2D eigenvalue weighted by Crippen LogP contribution is 2.26. The molecule has 234 valence electrons. The Balaban J connectivity index is 1.48. The van der Waals surface area contributed by atoms with Crippen LogP contribution in [-0.4, -0.2) is 79.6 Å². The van der Waals surface area contributed by atoms with Crippen LogP contribution >= 0.6 is 0 Å². The van der Waals surface area contributed by atoms with Gasteiger partial charge in [-0.1, -0.05) is 12.6 Å². The van der Waals surface area contributed by atoms with E-state index >= 15 is 0 Å². The van der Waals surface area contributed by atoms with E-state index in [-0.39, 0.29) is 43.4 Å². The molecular weight excluding hydrogens is 560 g/mol. The molecule has 1 fully saturated rings. The third kappa shape index (κ3) is 9.65. The van der Waals surface area contributed by atoms with E-state index in [0.29, 0.717) is 25.1 Å². The van der Waals surface area contributed by atoms with E-state index in [1.165, 1.54) is 29.9 Å². The average molecular weight is 601 g/mol. The van der Waals surface area contributed by atoms with Crippen LogP contribution < -0.4 is 5.32 Å². The number of nitrogens with one attached hydrogen (secondary N) is 1. The second-order valence-electron chi connectivity index (χ2n) is 11.1. The average Bonchev–Trinajstić information content (AvgIpc) is 3.65. The predicted octanol–water partition coefficient (Wildman–Crippen LogP) is 2.66. The summed E-state index contributed by atoms with van der Waals surface area (Å²) in [4.78, 5) is 75.5. The van der Waals surface area contributed by atoms with E-state index in [1.54, 1.807) is 0 Å². The Bertz CT molecular complexity index is 1260. The number of aryl methyl sites for hydroxylation is 2. The van der Waals surface area contributed by atoms with Crippen LogP contribution in [0.5, 0.6) is 0 Å². The molecule has 0 radical (unpaired) electrons. The van der Waals surface area contributed by atoms with Crippen LogP contribution in [0.2, 0.25) is 0 Å². The van der Waals surface area contributed by atoms with Crippen LogP contribution in [0.25, 0.3) is 0 Å². The number of amides is 2. The van der Waals surface area contributed by atoms with Gasteiger partial charge in [-0.3, -0.25) is 24.0 Å². The fourth-order valence-electron chi connectivity index (χ4n) is 4.86. The van der Waals surface area contributed by atoms with Gasteiger partial charge in [0.25, 0.3) is 0 Å². The Kier molecular flexibility index (Phi) is 11.8. The number of carbonyl (C=O) groups excluding carboxylic acids is 6. The second kappa shape index (κ2) is 15.3. The highest BCUT2D eigenvalue weighted by Gasteiger charge is 2.39. The standard InChI is InChI=1S/C31H40N2O10/c1-20(2)29(38)40-15-16-41-30(39)31(4,18-42-21(3)34)19-43-27(36)13-12-26(35)33-14-6-9-25(33)28(37)32-24-11-10-22-7-5-8-23(22)17-24/h10-11,17,25H,1,5-9,12-16,18-19H2,2-4H3,(H,32,37)/t25-,31?/m0/s1. The molecule has 2 atom stereocenters. The van der Waals surface area contributed by atoms with Crippen LogP contribution in [0.4, 0.5) is 5.69 Å². The molecule has 1 aromatic rings. The van der Waals surface area contributed by atoms with Crippen molar-refractivity contribution in [3.05, 3.63) is 41.5 Å². The number of rotatable bonds is 14. The van der Waals surface area contributed by atoms with Crippen molar-refractivity contribution in [2.45, 2.75) is 71.8 Å². The lowest BCUT2D eigenvalue weighted by atomic mass is 9.93. The number of esters is 4. The van der Waals surface area contributed by atoms with Crippen LogP contribution in [0.15, 0.2) is 30.4 Å². The van der Waals surface area contributed by atoms with Crippen molar-refractivity contribution < 1.29 is 47.7 Å². The molecule has 1 N–H and O–H groups in total. The molecule has 0 saturated carbocycles. The van der Waals surface area contributed by atoms with Crippen LogP contribution in [0.1, 0.15) is 64.0 Å². The van der Waals surface area contributed by atoms with Crippen molar-refractivity contribution >= 4 is 41.4 Å². The third-order valence-corrected chi connectivity index (χ3v) is 7.32. The van der Waals surface area contributed by atoms with Gasteiger partial charge in [-0.15, -0.1) is 0 Å². The van der Waals surface area contributed by atoms with Crippen molar-refractivity contribution in [3.8, 4) is 0 Å². The number of carbonyl (C=O) groups is 6. The Morgan fingerprint density at radius 3 is 2.35 bits per heavy atom. The molecule has 1 heterocycles. The summed E-state index contributed by atoms with van der Waals surface area (Å²) in [5.41, 5.74) is 1.88. The summed E-state index contributed by atoms with van der Waals surface area (Å²) in [7, 11) is 0. The van der Waals surface area contributed by atoms with E-state index in [4.69, 9.17) is 18.9 Å². The number of likely N-dealkylation sites (tertiary alicyclic amines) is 1. The lowest BCUT2D eigenvalue weighted by Crippen LogP contribution is -2.43. The molecule has 1 aromatic carbocycles. The summed E-state index contributed by atoms with van der Waals surface area (Å²) in [5, 5.41) is 2.93. The first kappa shape index (κ1) is 33.3. The Morgan fingerprint density at radius 1 is 0.930 bits per heavy atom. The molecule has 0 spiro atoms. The van der Waals surface area contributed by atoms with Crippen molar-refractivity contribution in [2.24, 2.45) is 5.41 Å². The zero-order valence-corrected chi connectivity index (χ0v) is 25.0. The molecule has 43 heavy (non-hydrogen) atoms. The zero-order valence-electron chi connectivity index (χ0n) is 25.0. The van der Waals surface area contributed by atoms with Gasteiger partial charge >= 0.3 is 23.9 Å². The SMILES string of the molecule is C=C(C)C(=O)OCCOC(=O)C(C)(COC(C)=O)COC(=O)CCC(=O)N1CCC[C@H]1C(=O)Nc1ccc2c(c1)CCC2. The smallest absolute Gasteiger partial charge is 0.333 e. The molecule has 0 aromatic heterocycles. The molecule has 3 rings (SSSR count). The number of anilines is 1. The quantitative estimate of drug-likeness (QED) is 0.146. The van der Waals surface area contributed by atoms with Gasteiger partial charge in [0, 0.05) is 31.1 Å². The van der Waals surface area contributed by atoms with Gasteiger partial charge in [-0.25, -0.2) is 4.79 Å². The van der Waals surface area contributed by atoms with Gasteiger partial charge in [-0.05, 0) is 69.2 Å². The summed E-state index contributed by atoms with van der Waals surface area (Å²) in [6.07, 6.45) is 3.87. The molecule has 1 aliphatic carbocycles. The summed E-state index contributed by atoms with van der Waals surface area (Å²) < 4.78 is 20.3. The van der Waals surface area contributed by atoms with E-state index < -0.39 is 48.5 Å². The summed E-state index contributed by atoms with van der Waals surface area (Å²) in [5.74, 6) is -3.48. The van der Waals surface area contributed by atoms with Crippen molar-refractivity contribution in [2.75, 3.05) is 38.3 Å². The monoisotopic (exact) mass is 600 g/mol. The maximum absolute atomic E-state index is 13.0. The van der Waals surface area contributed by atoms with Crippen LogP contribution in [0.3, 0.4) is 0 Å². The highest BCUT2D eigenvalue weighted by atomic mass is 16.6. The van der Waals surface area contributed by atoms with Gasteiger partial charge < -0.3 is 29.2 Å². The lowest BCUT2D eigenvalue weighted by molar-refractivity contribution is -0.172. The van der Waals surface area contributed by atoms with Gasteiger partial charge in [-0.2, -0.15) is 0 Å². The largest absolute Gasteiger partial charge is 0.465 e. The third-order valence-electron chi connectivity index (χ3n) is 7.32. The summed E-state index contributed by atoms with van der Waals surface area (Å²) in [6.45, 7) is 6.50. The highest BCUT2D eigenvalue weighted by molar-refractivity contribution is 5.98. The maximum atomic E-state index is 13.0. The zero-order chi connectivity index (χ0) is 31.6. The Labute approximate surface area is 251 Å². The number of ether oxygens (including phenoxy) is 4. The molecule has 2 amide bonds. The lowest BCUT2D eigenvalue weighted by Gasteiger charge is -2.26. The molecule has 0 bridgehead atoms. The van der Waals surface area contributed by atoms with Gasteiger partial charge in [0.2, 0.25) is 11.8 Å². The molecule has 1 aliphatic heterocycles. The number of hydrogen-bond acceptors (Lipinski definition) is 10. The van der Waals surface area contributed by atoms with E-state index in [9.17, 15) is 28.8 Å². The Hall–Kier alpha value is -4.22. The fraction of sp³-hybridized carbons (Fsp3) is 0.548. The maximum Gasteiger partial charge on any atom is 0.333 e. The molecule has 12 nitrogen and oxygen atoms in total. The van der Waals surface area contributed by atoms with E-state index in [1.807, 2.05) is 18.2 Å². The molecule has 1 saturated heterocycles. The van der Waals surface area contributed by atoms with Gasteiger partial charge in [0.05, 0.1) is 6.42 Å². The first-order chi connectivity index (χ1) is 20.4. The van der Waals surface area contributed by atoms with Gasteiger partial charge in [0.1, 0.15) is 37.9 Å². The molecule has 1 unspecified atom stereocenters. The number of nitrogens with zero attached hydrogens (tertiary/aromatic N) is 1. The summed E-state index contributed by atoms with van der Waals surface area (Å²) >= 11 is 0. The molecule has 2 aliphatic rings. The van der Waals surface area contributed by atoms with Crippen LogP contribution in [0, 0.1) is 5.41 Å². The van der Waals surface area contributed by atoms with E-state index in [2.05, 4.69) is 11.9 Å². The predicted molar refractivity (Wildman–Crippen MR) is 153 cm³/mol. The first-order valence-electron chi connectivity index (χ1n) is 14.4. The Morgan fingerprint density at radius 2 is 1.63 bits per heavy atom. The molecule has 12 heteroatoms. The first-order valence-corrected chi connectivity index (χ1v) is 14.4.